The Hall–Kier alpha value is -1.69. The van der Waals surface area contributed by atoms with E-state index >= 15 is 0 Å². The van der Waals surface area contributed by atoms with E-state index in [4.69, 9.17) is 0 Å². The highest BCUT2D eigenvalue weighted by Crippen LogP contribution is 2.14. The van der Waals surface area contributed by atoms with Crippen molar-refractivity contribution in [2.45, 2.75) is 32.7 Å². The quantitative estimate of drug-likeness (QED) is 0.898. The summed E-state index contributed by atoms with van der Waals surface area (Å²) in [7, 11) is 0. The van der Waals surface area contributed by atoms with Gasteiger partial charge >= 0.3 is 0 Å². The maximum Gasteiger partial charge on any atom is 0.203 e. The van der Waals surface area contributed by atoms with E-state index in [0.717, 1.165) is 23.8 Å². The summed E-state index contributed by atoms with van der Waals surface area (Å²) in [5.74, 6) is 1.70. The number of nitrogens with one attached hydrogen (secondary N) is 1. The maximum atomic E-state index is 4.38. The van der Waals surface area contributed by atoms with Gasteiger partial charge in [0.2, 0.25) is 5.65 Å². The summed E-state index contributed by atoms with van der Waals surface area (Å²) < 4.78 is 1.96. The van der Waals surface area contributed by atoms with Crippen LogP contribution in [0.2, 0.25) is 0 Å². The van der Waals surface area contributed by atoms with Gasteiger partial charge in [-0.3, -0.25) is 4.40 Å². The van der Waals surface area contributed by atoms with E-state index in [2.05, 4.69) is 32.3 Å². The van der Waals surface area contributed by atoms with Crippen molar-refractivity contribution >= 4 is 11.5 Å². The lowest BCUT2D eigenvalue weighted by Crippen LogP contribution is -2.33. The molecule has 2 aromatic heterocycles. The largest absolute Gasteiger partial charge is 0.363 e. The predicted octanol–water partition coefficient (Wildman–Crippen LogP) is 1.33. The third-order valence-electron chi connectivity index (χ3n) is 3.61. The van der Waals surface area contributed by atoms with Crippen LogP contribution < -0.4 is 5.32 Å². The molecule has 1 atom stereocenters. The molecule has 0 radical (unpaired) electrons. The van der Waals surface area contributed by atoms with Crippen LogP contribution in [-0.2, 0) is 0 Å². The highest BCUT2D eigenvalue weighted by Gasteiger charge is 2.16. The second-order valence-corrected chi connectivity index (χ2v) is 5.27. The zero-order valence-corrected chi connectivity index (χ0v) is 11.5. The molecule has 1 fully saturated rings. The fraction of sp³-hybridized carbons (Fsp3) is 0.615. The van der Waals surface area contributed by atoms with Gasteiger partial charge < -0.3 is 10.2 Å². The molecule has 0 saturated carbocycles. The van der Waals surface area contributed by atoms with Gasteiger partial charge in [-0.05, 0) is 39.8 Å². The first-order chi connectivity index (χ1) is 9.24. The fourth-order valence-corrected chi connectivity index (χ4v) is 2.67. The van der Waals surface area contributed by atoms with E-state index in [-0.39, 0.29) is 0 Å². The summed E-state index contributed by atoms with van der Waals surface area (Å²) in [6, 6.07) is 0.355. The molecule has 2 aromatic rings. The summed E-state index contributed by atoms with van der Waals surface area (Å²) in [5, 5.41) is 11.7. The zero-order chi connectivity index (χ0) is 13.2. The van der Waals surface area contributed by atoms with Gasteiger partial charge in [0.15, 0.2) is 5.82 Å². The van der Waals surface area contributed by atoms with Gasteiger partial charge in [-0.1, -0.05) is 0 Å². The summed E-state index contributed by atoms with van der Waals surface area (Å²) in [5.41, 5.74) is 0.799. The number of rotatable bonds is 4. The molecule has 102 valence electrons. The number of anilines is 1. The Labute approximate surface area is 112 Å². The standard InChI is InChI=1S/C13H20N6/c1-10(9-18-6-3-4-7-18)15-12-13-17-16-11(2)19(13)8-5-14-12/h5,8,10H,3-4,6-7,9H2,1-2H3,(H,14,15). The topological polar surface area (TPSA) is 58.4 Å². The van der Waals surface area contributed by atoms with Crippen LogP contribution >= 0.6 is 0 Å². The van der Waals surface area contributed by atoms with Crippen LogP contribution in [0.1, 0.15) is 25.6 Å². The highest BCUT2D eigenvalue weighted by atomic mass is 15.3. The molecule has 3 heterocycles. The molecule has 0 aliphatic carbocycles. The highest BCUT2D eigenvalue weighted by molar-refractivity contribution is 5.62. The Morgan fingerprint density at radius 1 is 1.32 bits per heavy atom. The van der Waals surface area contributed by atoms with Crippen molar-refractivity contribution in [3.63, 3.8) is 0 Å². The van der Waals surface area contributed by atoms with Crippen molar-refractivity contribution in [1.29, 1.82) is 0 Å². The van der Waals surface area contributed by atoms with Crippen molar-refractivity contribution in [3.8, 4) is 0 Å². The lowest BCUT2D eigenvalue weighted by molar-refractivity contribution is 0.327. The molecule has 0 spiro atoms. The molecule has 6 heteroatoms. The Balaban J connectivity index is 1.73. The molecule has 19 heavy (non-hydrogen) atoms. The number of fused-ring (bicyclic) bond motifs is 1. The Kier molecular flexibility index (Phi) is 3.33. The minimum absolute atomic E-state index is 0.355. The summed E-state index contributed by atoms with van der Waals surface area (Å²) in [6.45, 7) is 7.61. The Bertz CT molecular complexity index is 557. The zero-order valence-electron chi connectivity index (χ0n) is 11.5. The normalized spacial score (nSPS) is 18.0. The minimum atomic E-state index is 0.355. The molecule has 0 amide bonds. The number of hydrogen-bond acceptors (Lipinski definition) is 5. The van der Waals surface area contributed by atoms with Crippen LogP contribution in [0.25, 0.3) is 5.65 Å². The van der Waals surface area contributed by atoms with Crippen LogP contribution in [0.15, 0.2) is 12.4 Å². The molecule has 3 rings (SSSR count). The van der Waals surface area contributed by atoms with Crippen molar-refractivity contribution in [1.82, 2.24) is 24.5 Å². The second-order valence-electron chi connectivity index (χ2n) is 5.27. The molecule has 6 nitrogen and oxygen atoms in total. The average Bonchev–Trinajstić information content (AvgIpc) is 3.01. The van der Waals surface area contributed by atoms with Gasteiger partial charge in [-0.15, -0.1) is 10.2 Å². The van der Waals surface area contributed by atoms with E-state index in [9.17, 15) is 0 Å². The average molecular weight is 260 g/mol. The summed E-state index contributed by atoms with van der Waals surface area (Å²) in [4.78, 5) is 6.87. The van der Waals surface area contributed by atoms with Crippen LogP contribution in [-0.4, -0.2) is 50.2 Å². The first-order valence-corrected chi connectivity index (χ1v) is 6.89. The van der Waals surface area contributed by atoms with Crippen molar-refractivity contribution < 1.29 is 0 Å². The van der Waals surface area contributed by atoms with E-state index in [1.807, 2.05) is 17.5 Å². The molecule has 1 N–H and O–H groups in total. The lowest BCUT2D eigenvalue weighted by atomic mass is 10.3. The second kappa shape index (κ2) is 5.13. The number of hydrogen-bond donors (Lipinski definition) is 1. The van der Waals surface area contributed by atoms with Gasteiger partial charge in [-0.25, -0.2) is 4.98 Å². The first-order valence-electron chi connectivity index (χ1n) is 6.89. The SMILES string of the molecule is Cc1nnc2c(NC(C)CN3CCCC3)nccn12. The minimum Gasteiger partial charge on any atom is -0.363 e. The van der Waals surface area contributed by atoms with E-state index < -0.39 is 0 Å². The lowest BCUT2D eigenvalue weighted by Gasteiger charge is -2.21. The van der Waals surface area contributed by atoms with Crippen LogP contribution in [0.5, 0.6) is 0 Å². The van der Waals surface area contributed by atoms with Gasteiger partial charge in [0.05, 0.1) is 0 Å². The van der Waals surface area contributed by atoms with E-state index in [1.165, 1.54) is 25.9 Å². The summed E-state index contributed by atoms with van der Waals surface area (Å²) >= 11 is 0. The monoisotopic (exact) mass is 260 g/mol. The molecule has 1 saturated heterocycles. The number of likely N-dealkylation sites (tertiary alicyclic amines) is 1. The van der Waals surface area contributed by atoms with Crippen LogP contribution in [0.4, 0.5) is 5.82 Å². The van der Waals surface area contributed by atoms with Gasteiger partial charge in [-0.2, -0.15) is 0 Å². The molecular formula is C13H20N6. The van der Waals surface area contributed by atoms with Gasteiger partial charge in [0.25, 0.3) is 0 Å². The number of aryl methyl sites for hydroxylation is 1. The third-order valence-corrected chi connectivity index (χ3v) is 3.61. The number of nitrogens with zero attached hydrogens (tertiary/aromatic N) is 5. The first kappa shape index (κ1) is 12.3. The predicted molar refractivity (Wildman–Crippen MR) is 74.3 cm³/mol. The van der Waals surface area contributed by atoms with Crippen molar-refractivity contribution in [2.75, 3.05) is 25.0 Å². The molecule has 1 aliphatic rings. The van der Waals surface area contributed by atoms with Crippen molar-refractivity contribution in [3.05, 3.63) is 18.2 Å². The van der Waals surface area contributed by atoms with Crippen LogP contribution in [0, 0.1) is 6.92 Å². The molecule has 0 aromatic carbocycles. The summed E-state index contributed by atoms with van der Waals surface area (Å²) in [6.07, 6.45) is 6.32. The fourth-order valence-electron chi connectivity index (χ4n) is 2.67. The molecular weight excluding hydrogens is 240 g/mol. The van der Waals surface area contributed by atoms with Gasteiger partial charge in [0.1, 0.15) is 5.82 Å². The van der Waals surface area contributed by atoms with Crippen LogP contribution in [0.3, 0.4) is 0 Å². The molecule has 1 aliphatic heterocycles. The maximum absolute atomic E-state index is 4.38. The number of aromatic nitrogens is 4. The molecule has 1 unspecified atom stereocenters. The van der Waals surface area contributed by atoms with E-state index in [0.29, 0.717) is 6.04 Å². The molecule has 0 bridgehead atoms. The van der Waals surface area contributed by atoms with Gasteiger partial charge in [0, 0.05) is 25.0 Å². The third kappa shape index (κ3) is 2.53. The Morgan fingerprint density at radius 3 is 2.89 bits per heavy atom. The Morgan fingerprint density at radius 2 is 2.11 bits per heavy atom. The van der Waals surface area contributed by atoms with E-state index in [1.54, 1.807) is 6.20 Å². The smallest absolute Gasteiger partial charge is 0.203 e. The van der Waals surface area contributed by atoms with Crippen molar-refractivity contribution in [2.24, 2.45) is 0 Å².